The number of nitrogens with one attached hydrogen (secondary N) is 1. The van der Waals surface area contributed by atoms with Crippen molar-refractivity contribution in [3.63, 3.8) is 0 Å². The van der Waals surface area contributed by atoms with Crippen molar-refractivity contribution in [1.29, 1.82) is 0 Å². The van der Waals surface area contributed by atoms with Crippen molar-refractivity contribution in [2.45, 2.75) is 57.1 Å². The summed E-state index contributed by atoms with van der Waals surface area (Å²) in [6, 6.07) is 9.48. The first-order valence-electron chi connectivity index (χ1n) is 7.65. The molecule has 1 N–H and O–H groups in total. The minimum atomic E-state index is 0.0907. The third kappa shape index (κ3) is 2.70. The summed E-state index contributed by atoms with van der Waals surface area (Å²) in [4.78, 5) is 0. The zero-order valence-electron chi connectivity index (χ0n) is 12.1. The van der Waals surface area contributed by atoms with E-state index in [4.69, 9.17) is 4.74 Å². The van der Waals surface area contributed by atoms with Crippen LogP contribution in [0, 0.1) is 0 Å². The molecule has 3 unspecified atom stereocenters. The molecule has 0 radical (unpaired) electrons. The van der Waals surface area contributed by atoms with Gasteiger partial charge >= 0.3 is 0 Å². The average molecular weight is 259 g/mol. The van der Waals surface area contributed by atoms with Crippen LogP contribution >= 0.6 is 0 Å². The van der Waals surface area contributed by atoms with Crippen molar-refractivity contribution in [3.8, 4) is 0 Å². The maximum Gasteiger partial charge on any atom is 0.0666 e. The third-order valence-corrected chi connectivity index (χ3v) is 4.96. The van der Waals surface area contributed by atoms with E-state index in [0.717, 1.165) is 38.3 Å². The molecule has 0 amide bonds. The monoisotopic (exact) mass is 259 g/mol. The van der Waals surface area contributed by atoms with Crippen molar-refractivity contribution in [1.82, 2.24) is 5.32 Å². The van der Waals surface area contributed by atoms with E-state index in [-0.39, 0.29) is 5.60 Å². The highest BCUT2D eigenvalue weighted by Gasteiger charge is 2.32. The van der Waals surface area contributed by atoms with E-state index in [0.29, 0.717) is 6.04 Å². The lowest BCUT2D eigenvalue weighted by Gasteiger charge is -2.39. The number of benzene rings is 1. The van der Waals surface area contributed by atoms with Crippen LogP contribution in [-0.2, 0) is 11.2 Å². The Balaban J connectivity index is 1.51. The Morgan fingerprint density at radius 3 is 3.00 bits per heavy atom. The van der Waals surface area contributed by atoms with E-state index < -0.39 is 0 Å². The Labute approximate surface area is 116 Å². The van der Waals surface area contributed by atoms with Crippen LogP contribution in [0.1, 0.15) is 50.2 Å². The number of rotatable bonds is 4. The van der Waals surface area contributed by atoms with Gasteiger partial charge in [-0.25, -0.2) is 0 Å². The molecule has 3 atom stereocenters. The van der Waals surface area contributed by atoms with Crippen LogP contribution in [0.15, 0.2) is 24.3 Å². The highest BCUT2D eigenvalue weighted by molar-refractivity contribution is 5.40. The fourth-order valence-electron chi connectivity index (χ4n) is 3.40. The summed E-state index contributed by atoms with van der Waals surface area (Å²) >= 11 is 0. The van der Waals surface area contributed by atoms with Crippen LogP contribution in [0.2, 0.25) is 0 Å². The van der Waals surface area contributed by atoms with E-state index in [1.54, 1.807) is 11.1 Å². The summed E-state index contributed by atoms with van der Waals surface area (Å²) in [6.45, 7) is 6.51. The van der Waals surface area contributed by atoms with Crippen molar-refractivity contribution in [2.75, 3.05) is 13.2 Å². The fourth-order valence-corrected chi connectivity index (χ4v) is 3.40. The first-order chi connectivity index (χ1) is 9.20. The number of fused-ring (bicyclic) bond motifs is 1. The van der Waals surface area contributed by atoms with Gasteiger partial charge in [0.25, 0.3) is 0 Å². The van der Waals surface area contributed by atoms with Gasteiger partial charge in [0, 0.05) is 25.1 Å². The highest BCUT2D eigenvalue weighted by Crippen LogP contribution is 2.35. The van der Waals surface area contributed by atoms with Gasteiger partial charge in [-0.2, -0.15) is 0 Å². The normalized spacial score (nSPS) is 33.6. The summed E-state index contributed by atoms with van der Waals surface area (Å²) < 4.78 is 5.91. The molecule has 1 aliphatic carbocycles. The zero-order chi connectivity index (χ0) is 13.3. The van der Waals surface area contributed by atoms with Gasteiger partial charge in [0.05, 0.1) is 5.60 Å². The first kappa shape index (κ1) is 13.1. The first-order valence-corrected chi connectivity index (χ1v) is 7.65. The smallest absolute Gasteiger partial charge is 0.0666 e. The van der Waals surface area contributed by atoms with E-state index >= 15 is 0 Å². The lowest BCUT2D eigenvalue weighted by Crippen LogP contribution is -2.46. The minimum Gasteiger partial charge on any atom is -0.375 e. The van der Waals surface area contributed by atoms with Crippen molar-refractivity contribution < 1.29 is 4.74 Å². The van der Waals surface area contributed by atoms with E-state index in [2.05, 4.69) is 43.4 Å². The van der Waals surface area contributed by atoms with Gasteiger partial charge in [0.2, 0.25) is 0 Å². The molecule has 2 nitrogen and oxygen atoms in total. The van der Waals surface area contributed by atoms with Gasteiger partial charge in [0.1, 0.15) is 0 Å². The molecule has 1 aliphatic heterocycles. The molecular weight excluding hydrogens is 234 g/mol. The predicted octanol–water partition coefficient (Wildman–Crippen LogP) is 3.26. The molecule has 3 rings (SSSR count). The van der Waals surface area contributed by atoms with Crippen LogP contribution < -0.4 is 5.32 Å². The Morgan fingerprint density at radius 1 is 1.37 bits per heavy atom. The van der Waals surface area contributed by atoms with Crippen LogP contribution in [0.25, 0.3) is 0 Å². The second-order valence-electron chi connectivity index (χ2n) is 6.35. The standard InChI is InChI=1S/C17H25NO/c1-3-17(2)11-15(8-9-19-17)18-12-14-10-13-6-4-5-7-16(13)14/h4-7,14-15,18H,3,8-12H2,1-2H3. The van der Waals surface area contributed by atoms with Gasteiger partial charge in [0.15, 0.2) is 0 Å². The molecule has 1 saturated heterocycles. The molecule has 104 valence electrons. The third-order valence-electron chi connectivity index (χ3n) is 4.96. The lowest BCUT2D eigenvalue weighted by atomic mass is 9.77. The molecule has 0 bridgehead atoms. The maximum absolute atomic E-state index is 5.91. The number of ether oxygens (including phenoxy) is 1. The molecule has 0 saturated carbocycles. The molecule has 19 heavy (non-hydrogen) atoms. The highest BCUT2D eigenvalue weighted by atomic mass is 16.5. The van der Waals surface area contributed by atoms with Gasteiger partial charge in [-0.1, -0.05) is 31.2 Å². The minimum absolute atomic E-state index is 0.0907. The predicted molar refractivity (Wildman–Crippen MR) is 78.6 cm³/mol. The molecular formula is C17H25NO. The van der Waals surface area contributed by atoms with Crippen molar-refractivity contribution in [2.24, 2.45) is 0 Å². The second kappa shape index (κ2) is 5.26. The largest absolute Gasteiger partial charge is 0.375 e. The molecule has 1 aromatic rings. The Morgan fingerprint density at radius 2 is 2.21 bits per heavy atom. The summed E-state index contributed by atoms with van der Waals surface area (Å²) in [7, 11) is 0. The SMILES string of the molecule is CCC1(C)CC(NCC2Cc3ccccc32)CCO1. The molecule has 2 aliphatic rings. The molecule has 1 fully saturated rings. The fraction of sp³-hybridized carbons (Fsp3) is 0.647. The second-order valence-corrected chi connectivity index (χ2v) is 6.35. The van der Waals surface area contributed by atoms with E-state index in [1.165, 1.54) is 6.42 Å². The van der Waals surface area contributed by atoms with Crippen LogP contribution in [0.5, 0.6) is 0 Å². The summed E-state index contributed by atoms with van der Waals surface area (Å²) in [5.41, 5.74) is 3.19. The van der Waals surface area contributed by atoms with Gasteiger partial charge in [-0.15, -0.1) is 0 Å². The molecule has 2 heteroatoms. The van der Waals surface area contributed by atoms with E-state index in [1.807, 2.05) is 0 Å². The van der Waals surface area contributed by atoms with E-state index in [9.17, 15) is 0 Å². The van der Waals surface area contributed by atoms with Crippen molar-refractivity contribution >= 4 is 0 Å². The molecule has 1 aromatic carbocycles. The van der Waals surface area contributed by atoms with Gasteiger partial charge in [-0.3, -0.25) is 0 Å². The Kier molecular flexibility index (Phi) is 3.64. The van der Waals surface area contributed by atoms with Crippen LogP contribution in [0.3, 0.4) is 0 Å². The molecule has 0 aromatic heterocycles. The van der Waals surface area contributed by atoms with Crippen molar-refractivity contribution in [3.05, 3.63) is 35.4 Å². The lowest BCUT2D eigenvalue weighted by molar-refractivity contribution is -0.0780. The molecule has 1 heterocycles. The average Bonchev–Trinajstić information content (AvgIpc) is 2.40. The van der Waals surface area contributed by atoms with Gasteiger partial charge in [-0.05, 0) is 43.7 Å². The summed E-state index contributed by atoms with van der Waals surface area (Å²) in [5.74, 6) is 0.729. The zero-order valence-corrected chi connectivity index (χ0v) is 12.1. The maximum atomic E-state index is 5.91. The number of hydrogen-bond donors (Lipinski definition) is 1. The quantitative estimate of drug-likeness (QED) is 0.896. The Hall–Kier alpha value is -0.860. The summed E-state index contributed by atoms with van der Waals surface area (Å²) in [5, 5.41) is 3.77. The van der Waals surface area contributed by atoms with Crippen LogP contribution in [-0.4, -0.2) is 24.8 Å². The Bertz CT molecular complexity index is 445. The number of hydrogen-bond acceptors (Lipinski definition) is 2. The van der Waals surface area contributed by atoms with Crippen LogP contribution in [0.4, 0.5) is 0 Å². The molecule has 0 spiro atoms. The topological polar surface area (TPSA) is 21.3 Å². The van der Waals surface area contributed by atoms with Gasteiger partial charge < -0.3 is 10.1 Å². The summed E-state index contributed by atoms with van der Waals surface area (Å²) in [6.07, 6.45) is 4.66.